The van der Waals surface area contributed by atoms with Gasteiger partial charge in [-0.1, -0.05) is 36.2 Å². The van der Waals surface area contributed by atoms with Gasteiger partial charge in [0.15, 0.2) is 0 Å². The van der Waals surface area contributed by atoms with E-state index < -0.39 is 23.5 Å². The quantitative estimate of drug-likeness (QED) is 0.379. The first kappa shape index (κ1) is 23.8. The summed E-state index contributed by atoms with van der Waals surface area (Å²) in [7, 11) is 0. The molecule has 0 N–H and O–H groups in total. The van der Waals surface area contributed by atoms with Gasteiger partial charge in [-0.2, -0.15) is 13.2 Å². The van der Waals surface area contributed by atoms with Crippen LogP contribution in [0.2, 0.25) is 5.02 Å². The first-order valence-corrected chi connectivity index (χ1v) is 11.3. The van der Waals surface area contributed by atoms with E-state index in [-0.39, 0.29) is 17.4 Å². The Morgan fingerprint density at radius 3 is 2.42 bits per heavy atom. The summed E-state index contributed by atoms with van der Waals surface area (Å²) in [6.07, 6.45) is -3.80. The molecule has 0 bridgehead atoms. The SMILES string of the molecule is Cc1ccc([N-]CCCN2CC3CN(C(=O)c4cc(F)cc(C(F)(F)F)c4)CC3C2)cc1Cl. The predicted molar refractivity (Wildman–Crippen MR) is 119 cm³/mol. The highest BCUT2D eigenvalue weighted by Gasteiger charge is 2.41. The molecule has 178 valence electrons. The molecule has 2 fully saturated rings. The summed E-state index contributed by atoms with van der Waals surface area (Å²) in [4.78, 5) is 16.6. The lowest BCUT2D eigenvalue weighted by atomic mass is 10.0. The molecule has 2 atom stereocenters. The molecule has 2 aliphatic rings. The lowest BCUT2D eigenvalue weighted by Gasteiger charge is -2.25. The van der Waals surface area contributed by atoms with Gasteiger partial charge >= 0.3 is 6.18 Å². The molecule has 0 aliphatic carbocycles. The number of likely N-dealkylation sites (tertiary alicyclic amines) is 2. The monoisotopic (exact) mass is 482 g/mol. The first-order chi connectivity index (χ1) is 15.6. The van der Waals surface area contributed by atoms with E-state index in [2.05, 4.69) is 10.2 Å². The van der Waals surface area contributed by atoms with Crippen LogP contribution in [0.5, 0.6) is 0 Å². The van der Waals surface area contributed by atoms with Crippen LogP contribution in [0.15, 0.2) is 36.4 Å². The number of carbonyl (C=O) groups is 1. The van der Waals surface area contributed by atoms with Crippen LogP contribution in [0, 0.1) is 24.6 Å². The van der Waals surface area contributed by atoms with Crippen LogP contribution < -0.4 is 0 Å². The van der Waals surface area contributed by atoms with Crippen LogP contribution in [0.25, 0.3) is 5.32 Å². The summed E-state index contributed by atoms with van der Waals surface area (Å²) in [5.41, 5.74) is 0.487. The van der Waals surface area contributed by atoms with Crippen molar-refractivity contribution >= 4 is 23.2 Å². The Morgan fingerprint density at radius 2 is 1.79 bits per heavy atom. The van der Waals surface area contributed by atoms with Crippen LogP contribution in [0.1, 0.15) is 27.9 Å². The minimum absolute atomic E-state index is 0.253. The summed E-state index contributed by atoms with van der Waals surface area (Å²) < 4.78 is 52.6. The smallest absolute Gasteiger partial charge is 0.416 e. The van der Waals surface area contributed by atoms with Gasteiger partial charge in [-0.05, 0) is 49.1 Å². The van der Waals surface area contributed by atoms with E-state index in [1.165, 1.54) is 0 Å². The zero-order valence-corrected chi connectivity index (χ0v) is 19.0. The van der Waals surface area contributed by atoms with Gasteiger partial charge in [-0.3, -0.25) is 4.79 Å². The topological polar surface area (TPSA) is 37.7 Å². The first-order valence-electron chi connectivity index (χ1n) is 10.9. The zero-order valence-electron chi connectivity index (χ0n) is 18.2. The Morgan fingerprint density at radius 1 is 1.09 bits per heavy atom. The predicted octanol–water partition coefficient (Wildman–Crippen LogP) is 5.91. The normalized spacial score (nSPS) is 20.8. The Bertz CT molecular complexity index is 1020. The van der Waals surface area contributed by atoms with E-state index in [0.29, 0.717) is 30.7 Å². The summed E-state index contributed by atoms with van der Waals surface area (Å²) in [6.45, 7) is 6.15. The van der Waals surface area contributed by atoms with Gasteiger partial charge in [0, 0.05) is 36.8 Å². The number of amides is 1. The average Bonchev–Trinajstić information content (AvgIpc) is 3.31. The second-order valence-corrected chi connectivity index (χ2v) is 9.29. The van der Waals surface area contributed by atoms with E-state index in [9.17, 15) is 22.4 Å². The minimum atomic E-state index is -4.70. The van der Waals surface area contributed by atoms with Crippen molar-refractivity contribution < 1.29 is 22.4 Å². The number of hydrogen-bond donors (Lipinski definition) is 0. The summed E-state index contributed by atoms with van der Waals surface area (Å²) in [5, 5.41) is 5.27. The Labute approximate surface area is 195 Å². The van der Waals surface area contributed by atoms with Gasteiger partial charge in [0.25, 0.3) is 5.91 Å². The number of fused-ring (bicyclic) bond motifs is 1. The van der Waals surface area contributed by atoms with Crippen LogP contribution in [0.3, 0.4) is 0 Å². The molecule has 33 heavy (non-hydrogen) atoms. The summed E-state index contributed by atoms with van der Waals surface area (Å²) in [5.74, 6) is -1.05. The van der Waals surface area contributed by atoms with E-state index in [1.807, 2.05) is 25.1 Å². The van der Waals surface area contributed by atoms with Crippen molar-refractivity contribution in [2.24, 2.45) is 11.8 Å². The molecule has 0 saturated carbocycles. The third-order valence-electron chi connectivity index (χ3n) is 6.40. The van der Waals surface area contributed by atoms with Gasteiger partial charge in [-0.15, -0.1) is 12.2 Å². The van der Waals surface area contributed by atoms with Gasteiger partial charge in [0.1, 0.15) is 5.82 Å². The molecule has 2 aromatic carbocycles. The number of rotatable bonds is 6. The summed E-state index contributed by atoms with van der Waals surface area (Å²) >= 11 is 6.13. The van der Waals surface area contributed by atoms with E-state index in [4.69, 9.17) is 11.6 Å². The Kier molecular flexibility index (Phi) is 6.86. The molecule has 4 rings (SSSR count). The highest BCUT2D eigenvalue weighted by molar-refractivity contribution is 6.31. The number of nitrogens with zero attached hydrogens (tertiary/aromatic N) is 3. The van der Waals surface area contributed by atoms with Gasteiger partial charge < -0.3 is 15.1 Å². The molecule has 2 heterocycles. The van der Waals surface area contributed by atoms with Crippen LogP contribution >= 0.6 is 11.6 Å². The number of alkyl halides is 3. The number of halogens is 5. The molecule has 4 nitrogen and oxygen atoms in total. The maximum atomic E-state index is 13.7. The third-order valence-corrected chi connectivity index (χ3v) is 6.81. The molecule has 0 radical (unpaired) electrons. The molecule has 2 saturated heterocycles. The molecule has 0 aromatic heterocycles. The molecule has 1 amide bonds. The van der Waals surface area contributed by atoms with Gasteiger partial charge in [0.05, 0.1) is 5.56 Å². The summed E-state index contributed by atoms with van der Waals surface area (Å²) in [6, 6.07) is 7.78. The van der Waals surface area contributed by atoms with Crippen molar-refractivity contribution in [1.29, 1.82) is 0 Å². The third kappa shape index (κ3) is 5.61. The maximum Gasteiger partial charge on any atom is 0.416 e. The highest BCUT2D eigenvalue weighted by atomic mass is 35.5. The van der Waals surface area contributed by atoms with E-state index in [0.717, 1.165) is 49.4 Å². The molecule has 9 heteroatoms. The van der Waals surface area contributed by atoms with Crippen LogP contribution in [-0.2, 0) is 6.18 Å². The molecule has 2 aromatic rings. The number of benzene rings is 2. The van der Waals surface area contributed by atoms with E-state index >= 15 is 0 Å². The number of hydrogen-bond acceptors (Lipinski definition) is 2. The molecule has 0 spiro atoms. The van der Waals surface area contributed by atoms with Crippen molar-refractivity contribution in [2.75, 3.05) is 39.3 Å². The molecule has 2 unspecified atom stereocenters. The zero-order chi connectivity index (χ0) is 23.8. The van der Waals surface area contributed by atoms with Crippen molar-refractivity contribution in [1.82, 2.24) is 9.80 Å². The van der Waals surface area contributed by atoms with Crippen molar-refractivity contribution in [2.45, 2.75) is 19.5 Å². The Balaban J connectivity index is 1.25. The number of carbonyl (C=O) groups excluding carboxylic acids is 1. The Hall–Kier alpha value is -2.32. The fraction of sp³-hybridized carbons (Fsp3) is 0.458. The molecular formula is C24H25ClF4N3O-. The van der Waals surface area contributed by atoms with Crippen LogP contribution in [0.4, 0.5) is 23.2 Å². The second kappa shape index (κ2) is 9.50. The minimum Gasteiger partial charge on any atom is -0.684 e. The maximum absolute atomic E-state index is 13.7. The van der Waals surface area contributed by atoms with E-state index in [1.54, 1.807) is 4.90 Å². The number of aryl methyl sites for hydroxylation is 1. The van der Waals surface area contributed by atoms with Crippen molar-refractivity contribution in [3.05, 3.63) is 69.2 Å². The second-order valence-electron chi connectivity index (χ2n) is 8.88. The lowest BCUT2D eigenvalue weighted by molar-refractivity contribution is -0.137. The standard InChI is InChI=1S/C24H25ClF4N3O/c1-15-3-4-21(10-22(15)25)30-5-2-6-31-11-17-13-32(14-18(17)12-31)23(33)16-7-19(24(27,28)29)9-20(26)8-16/h3-4,7-10,17-18H,2,5-6,11-14H2,1H3/q-1. The van der Waals surface area contributed by atoms with Crippen molar-refractivity contribution in [3.8, 4) is 0 Å². The average molecular weight is 483 g/mol. The van der Waals surface area contributed by atoms with Gasteiger partial charge in [-0.25, -0.2) is 4.39 Å². The largest absolute Gasteiger partial charge is 0.684 e. The van der Waals surface area contributed by atoms with Crippen LogP contribution in [-0.4, -0.2) is 55.0 Å². The molecular weight excluding hydrogens is 458 g/mol. The van der Waals surface area contributed by atoms with Gasteiger partial charge in [0.2, 0.25) is 0 Å². The molecule has 2 aliphatic heterocycles. The highest BCUT2D eigenvalue weighted by Crippen LogP contribution is 2.34. The lowest BCUT2D eigenvalue weighted by Crippen LogP contribution is -2.33. The fourth-order valence-electron chi connectivity index (χ4n) is 4.68. The van der Waals surface area contributed by atoms with Crippen molar-refractivity contribution in [3.63, 3.8) is 0 Å². The fourth-order valence-corrected chi connectivity index (χ4v) is 4.86.